The molecule has 5 heteroatoms. The van der Waals surface area contributed by atoms with E-state index in [0.717, 1.165) is 23.0 Å². The highest BCUT2D eigenvalue weighted by molar-refractivity contribution is 7.99. The first-order valence-electron chi connectivity index (χ1n) is 4.81. The van der Waals surface area contributed by atoms with E-state index < -0.39 is 0 Å². The van der Waals surface area contributed by atoms with Crippen LogP contribution in [0.25, 0.3) is 0 Å². The van der Waals surface area contributed by atoms with Crippen LogP contribution in [0.5, 0.6) is 0 Å². The Morgan fingerprint density at radius 3 is 1.80 bits per heavy atom. The molecule has 1 rings (SSSR count). The molecule has 0 unspecified atom stereocenters. The second-order valence-corrected chi connectivity index (χ2v) is 6.38. The molecule has 15 heavy (non-hydrogen) atoms. The summed E-state index contributed by atoms with van der Waals surface area (Å²) in [5.74, 6) is 3.62. The zero-order valence-corrected chi connectivity index (χ0v) is 11.0. The lowest BCUT2D eigenvalue weighted by molar-refractivity contribution is 0.322. The minimum Gasteiger partial charge on any atom is -0.396 e. The molecule has 1 aromatic heterocycles. The van der Waals surface area contributed by atoms with Crippen LogP contribution < -0.4 is 0 Å². The van der Waals surface area contributed by atoms with Gasteiger partial charge in [0.05, 0.1) is 13.2 Å². The van der Waals surface area contributed by atoms with Crippen LogP contribution in [-0.4, -0.2) is 34.9 Å². The number of aliphatic hydroxyl groups is 2. The van der Waals surface area contributed by atoms with Gasteiger partial charge in [-0.15, -0.1) is 11.3 Å². The minimum absolute atomic E-state index is 0.259. The summed E-state index contributed by atoms with van der Waals surface area (Å²) in [5, 5.41) is 17.3. The molecule has 2 N–H and O–H groups in total. The van der Waals surface area contributed by atoms with E-state index in [1.807, 2.05) is 11.3 Å². The number of aliphatic hydroxyl groups excluding tert-OH is 2. The van der Waals surface area contributed by atoms with E-state index in [4.69, 9.17) is 10.2 Å². The van der Waals surface area contributed by atoms with Crippen LogP contribution in [0.15, 0.2) is 12.1 Å². The van der Waals surface area contributed by atoms with Crippen molar-refractivity contribution in [3.05, 3.63) is 21.9 Å². The first-order valence-corrected chi connectivity index (χ1v) is 7.94. The molecule has 0 fully saturated rings. The zero-order valence-electron chi connectivity index (χ0n) is 8.52. The Morgan fingerprint density at radius 1 is 0.933 bits per heavy atom. The maximum absolute atomic E-state index is 8.65. The van der Waals surface area contributed by atoms with Crippen LogP contribution in [0.1, 0.15) is 9.75 Å². The van der Waals surface area contributed by atoms with Gasteiger partial charge < -0.3 is 10.2 Å². The molecule has 0 saturated carbocycles. The fraction of sp³-hybridized carbons (Fsp3) is 0.600. The van der Waals surface area contributed by atoms with Gasteiger partial charge in [-0.25, -0.2) is 0 Å². The first-order chi connectivity index (χ1) is 7.36. The van der Waals surface area contributed by atoms with E-state index in [2.05, 4.69) is 12.1 Å². The lowest BCUT2D eigenvalue weighted by Crippen LogP contribution is -1.86. The topological polar surface area (TPSA) is 40.5 Å². The molecule has 0 bridgehead atoms. The van der Waals surface area contributed by atoms with Gasteiger partial charge in [0, 0.05) is 32.8 Å². The molecular weight excluding hydrogens is 248 g/mol. The molecule has 0 atom stereocenters. The second kappa shape index (κ2) is 8.47. The Bertz CT molecular complexity index is 238. The van der Waals surface area contributed by atoms with E-state index in [-0.39, 0.29) is 13.2 Å². The molecule has 0 aromatic carbocycles. The number of rotatable bonds is 8. The van der Waals surface area contributed by atoms with Gasteiger partial charge in [-0.3, -0.25) is 0 Å². The smallest absolute Gasteiger partial charge is 0.0521 e. The Kier molecular flexibility index (Phi) is 7.56. The highest BCUT2D eigenvalue weighted by Crippen LogP contribution is 2.24. The van der Waals surface area contributed by atoms with Crippen LogP contribution in [0, 0.1) is 0 Å². The number of hydrogen-bond acceptors (Lipinski definition) is 5. The van der Waals surface area contributed by atoms with Gasteiger partial charge >= 0.3 is 0 Å². The van der Waals surface area contributed by atoms with Crippen LogP contribution in [0.2, 0.25) is 0 Å². The number of thiophene rings is 1. The third-order valence-corrected chi connectivity index (χ3v) is 5.10. The minimum atomic E-state index is 0.259. The van der Waals surface area contributed by atoms with E-state index in [9.17, 15) is 0 Å². The van der Waals surface area contributed by atoms with Gasteiger partial charge in [0.2, 0.25) is 0 Å². The predicted octanol–water partition coefficient (Wildman–Crippen LogP) is 2.20. The molecule has 86 valence electrons. The van der Waals surface area contributed by atoms with Gasteiger partial charge in [-0.05, 0) is 12.1 Å². The first kappa shape index (κ1) is 13.4. The molecule has 2 nitrogen and oxygen atoms in total. The van der Waals surface area contributed by atoms with Crippen molar-refractivity contribution in [3.8, 4) is 0 Å². The summed E-state index contributed by atoms with van der Waals surface area (Å²) in [6, 6.07) is 4.31. The van der Waals surface area contributed by atoms with Crippen LogP contribution in [0.3, 0.4) is 0 Å². The largest absolute Gasteiger partial charge is 0.396 e. The van der Waals surface area contributed by atoms with Gasteiger partial charge in [0.25, 0.3) is 0 Å². The molecule has 0 aliphatic carbocycles. The van der Waals surface area contributed by atoms with Gasteiger partial charge in [0.15, 0.2) is 0 Å². The van der Waals surface area contributed by atoms with Crippen molar-refractivity contribution in [3.63, 3.8) is 0 Å². The average molecular weight is 264 g/mol. The molecule has 0 saturated heterocycles. The second-order valence-electron chi connectivity index (χ2n) is 2.92. The summed E-state index contributed by atoms with van der Waals surface area (Å²) in [4.78, 5) is 2.74. The lowest BCUT2D eigenvalue weighted by Gasteiger charge is -1.96. The van der Waals surface area contributed by atoms with E-state index in [1.54, 1.807) is 23.5 Å². The Morgan fingerprint density at radius 2 is 1.40 bits per heavy atom. The van der Waals surface area contributed by atoms with Crippen LogP contribution in [-0.2, 0) is 11.5 Å². The van der Waals surface area contributed by atoms with Crippen molar-refractivity contribution in [2.24, 2.45) is 0 Å². The fourth-order valence-corrected chi connectivity index (χ4v) is 3.77. The van der Waals surface area contributed by atoms with Crippen molar-refractivity contribution in [1.82, 2.24) is 0 Å². The molecular formula is C10H16O2S3. The fourth-order valence-electron chi connectivity index (χ4n) is 1.05. The Balaban J connectivity index is 2.23. The number of thioether (sulfide) groups is 2. The van der Waals surface area contributed by atoms with Crippen molar-refractivity contribution in [1.29, 1.82) is 0 Å². The van der Waals surface area contributed by atoms with E-state index in [1.165, 1.54) is 9.75 Å². The van der Waals surface area contributed by atoms with E-state index in [0.29, 0.717) is 0 Å². The molecule has 1 heterocycles. The molecule has 1 aromatic rings. The third kappa shape index (κ3) is 5.82. The monoisotopic (exact) mass is 264 g/mol. The van der Waals surface area contributed by atoms with Crippen molar-refractivity contribution in [2.75, 3.05) is 24.7 Å². The van der Waals surface area contributed by atoms with E-state index >= 15 is 0 Å². The van der Waals surface area contributed by atoms with Crippen molar-refractivity contribution >= 4 is 34.9 Å². The maximum Gasteiger partial charge on any atom is 0.0521 e. The maximum atomic E-state index is 8.65. The molecule has 0 aliphatic heterocycles. The van der Waals surface area contributed by atoms with Gasteiger partial charge in [-0.2, -0.15) is 23.5 Å². The molecule has 0 radical (unpaired) electrons. The summed E-state index contributed by atoms with van der Waals surface area (Å²) in [6.07, 6.45) is 0. The Hall–Kier alpha value is 0.320. The SMILES string of the molecule is OCCSCc1ccc(CSCCO)s1. The summed E-state index contributed by atoms with van der Waals surface area (Å²) in [6.45, 7) is 0.518. The normalized spacial score (nSPS) is 10.8. The third-order valence-electron chi connectivity index (χ3n) is 1.68. The standard InChI is InChI=1S/C10H16O2S3/c11-3-5-13-7-9-1-2-10(15-9)8-14-6-4-12/h1-2,11-12H,3-8H2. The predicted molar refractivity (Wildman–Crippen MR) is 70.8 cm³/mol. The van der Waals surface area contributed by atoms with Crippen LogP contribution >= 0.6 is 34.9 Å². The quantitative estimate of drug-likeness (QED) is 0.706. The summed E-state index contributed by atoms with van der Waals surface area (Å²) in [5.41, 5.74) is 0. The summed E-state index contributed by atoms with van der Waals surface area (Å²) < 4.78 is 0. The Labute approximate surface area is 103 Å². The molecule has 0 spiro atoms. The van der Waals surface area contributed by atoms with Crippen molar-refractivity contribution in [2.45, 2.75) is 11.5 Å². The van der Waals surface area contributed by atoms with Crippen LogP contribution in [0.4, 0.5) is 0 Å². The highest BCUT2D eigenvalue weighted by atomic mass is 32.2. The average Bonchev–Trinajstić information content (AvgIpc) is 2.67. The summed E-state index contributed by atoms with van der Waals surface area (Å²) in [7, 11) is 0. The number of hydrogen-bond donors (Lipinski definition) is 2. The van der Waals surface area contributed by atoms with Gasteiger partial charge in [0.1, 0.15) is 0 Å². The molecule has 0 amide bonds. The van der Waals surface area contributed by atoms with Gasteiger partial charge in [-0.1, -0.05) is 0 Å². The van der Waals surface area contributed by atoms with Crippen molar-refractivity contribution < 1.29 is 10.2 Å². The summed E-state index contributed by atoms with van der Waals surface area (Å²) >= 11 is 5.35. The highest BCUT2D eigenvalue weighted by Gasteiger charge is 2.00. The lowest BCUT2D eigenvalue weighted by atomic mass is 10.5. The zero-order chi connectivity index (χ0) is 10.9. The molecule has 0 aliphatic rings.